The van der Waals surface area contributed by atoms with Gasteiger partial charge in [0, 0.05) is 0 Å². The molecule has 0 saturated heterocycles. The quantitative estimate of drug-likeness (QED) is 0.510. The molecule has 192 valence electrons. The van der Waals surface area contributed by atoms with Crippen LogP contribution >= 0.6 is 0 Å². The summed E-state index contributed by atoms with van der Waals surface area (Å²) in [6, 6.07) is 8.62. The van der Waals surface area contributed by atoms with Crippen molar-refractivity contribution in [1.82, 2.24) is 10.6 Å². The summed E-state index contributed by atoms with van der Waals surface area (Å²) in [5, 5.41) is -2.45. The van der Waals surface area contributed by atoms with Crippen molar-refractivity contribution in [3.8, 4) is 11.5 Å². The standard InChI is InChI=1S/C20H18F6N2O6S/c1-33-13-7-3-11(4-8-13)15(27-17(29)19(21,22)23)35(31,32)16(28-18(30)20(24,25)26)12-5-9-14(34-2)10-6-12/h3-10,15-16H,1-2H3,(H,27,29)(H,28,30). The smallest absolute Gasteiger partial charge is 0.471 e. The summed E-state index contributed by atoms with van der Waals surface area (Å²) in [6.45, 7) is 0. The van der Waals surface area contributed by atoms with E-state index in [1.54, 1.807) is 0 Å². The van der Waals surface area contributed by atoms with Crippen LogP contribution in [0.3, 0.4) is 0 Å². The number of rotatable bonds is 8. The molecule has 2 rings (SSSR count). The van der Waals surface area contributed by atoms with Gasteiger partial charge in [-0.25, -0.2) is 8.42 Å². The summed E-state index contributed by atoms with van der Waals surface area (Å²) in [4.78, 5) is 23.3. The van der Waals surface area contributed by atoms with Crippen LogP contribution < -0.4 is 20.1 Å². The summed E-state index contributed by atoms with van der Waals surface area (Å²) in [5.74, 6) is -5.00. The minimum absolute atomic E-state index is 0.170. The molecule has 0 aromatic heterocycles. The number of alkyl halides is 6. The molecular weight excluding hydrogens is 510 g/mol. The van der Waals surface area contributed by atoms with Gasteiger partial charge in [0.1, 0.15) is 11.5 Å². The molecule has 0 aliphatic rings. The molecule has 0 aliphatic carbocycles. The number of benzene rings is 2. The summed E-state index contributed by atoms with van der Waals surface area (Å²) in [5.41, 5.74) is -0.883. The largest absolute Gasteiger partial charge is 0.497 e. The van der Waals surface area contributed by atoms with Crippen LogP contribution in [0.5, 0.6) is 11.5 Å². The van der Waals surface area contributed by atoms with Gasteiger partial charge in [0.2, 0.25) is 9.84 Å². The Morgan fingerprint density at radius 2 is 0.971 bits per heavy atom. The molecule has 0 fully saturated rings. The first-order chi connectivity index (χ1) is 16.1. The number of ether oxygens (including phenoxy) is 2. The lowest BCUT2D eigenvalue weighted by atomic mass is 10.2. The number of carbonyl (C=O) groups excluding carboxylic acids is 2. The Labute approximate surface area is 195 Å². The second-order valence-corrected chi connectivity index (χ2v) is 8.96. The first-order valence-corrected chi connectivity index (χ1v) is 11.0. The number of halogens is 6. The summed E-state index contributed by atoms with van der Waals surface area (Å²) >= 11 is 0. The van der Waals surface area contributed by atoms with E-state index in [1.807, 2.05) is 0 Å². The van der Waals surface area contributed by atoms with Gasteiger partial charge in [-0.1, -0.05) is 24.3 Å². The maximum absolute atomic E-state index is 13.4. The van der Waals surface area contributed by atoms with E-state index in [4.69, 9.17) is 9.47 Å². The lowest BCUT2D eigenvalue weighted by Crippen LogP contribution is -2.47. The molecule has 2 N–H and O–H groups in total. The minimum atomic E-state index is -5.52. The number of nitrogens with one attached hydrogen (secondary N) is 2. The maximum atomic E-state index is 13.4. The minimum Gasteiger partial charge on any atom is -0.497 e. The highest BCUT2D eigenvalue weighted by Crippen LogP contribution is 2.34. The van der Waals surface area contributed by atoms with E-state index in [0.29, 0.717) is 0 Å². The highest BCUT2D eigenvalue weighted by molar-refractivity contribution is 7.91. The Morgan fingerprint density at radius 1 is 0.686 bits per heavy atom. The summed E-state index contributed by atoms with van der Waals surface area (Å²) in [6.07, 6.45) is -11.0. The van der Waals surface area contributed by atoms with Crippen molar-refractivity contribution in [3.63, 3.8) is 0 Å². The molecule has 2 atom stereocenters. The molecule has 8 nitrogen and oxygen atoms in total. The third kappa shape index (κ3) is 6.77. The van der Waals surface area contributed by atoms with Gasteiger partial charge in [0.25, 0.3) is 0 Å². The van der Waals surface area contributed by atoms with Crippen LogP contribution in [-0.2, 0) is 19.4 Å². The maximum Gasteiger partial charge on any atom is 0.471 e. The number of carbonyl (C=O) groups is 2. The first-order valence-electron chi connectivity index (χ1n) is 9.37. The fourth-order valence-electron chi connectivity index (χ4n) is 2.81. The third-order valence-electron chi connectivity index (χ3n) is 4.53. The summed E-state index contributed by atoms with van der Waals surface area (Å²) in [7, 11) is -2.76. The zero-order chi connectivity index (χ0) is 26.6. The van der Waals surface area contributed by atoms with Crippen molar-refractivity contribution in [2.45, 2.75) is 23.1 Å². The zero-order valence-corrected chi connectivity index (χ0v) is 18.7. The van der Waals surface area contributed by atoms with E-state index in [-0.39, 0.29) is 11.5 Å². The topological polar surface area (TPSA) is 111 Å². The molecule has 15 heteroatoms. The van der Waals surface area contributed by atoms with Gasteiger partial charge in [-0.05, 0) is 35.4 Å². The van der Waals surface area contributed by atoms with Gasteiger partial charge in [-0.2, -0.15) is 26.3 Å². The number of hydrogen-bond donors (Lipinski definition) is 2. The van der Waals surface area contributed by atoms with Gasteiger partial charge in [0.15, 0.2) is 10.7 Å². The first kappa shape index (κ1) is 27.8. The van der Waals surface area contributed by atoms with E-state index in [0.717, 1.165) is 48.5 Å². The third-order valence-corrected chi connectivity index (χ3v) is 6.63. The molecule has 0 bridgehead atoms. The lowest BCUT2D eigenvalue weighted by Gasteiger charge is -2.27. The fourth-order valence-corrected chi connectivity index (χ4v) is 4.69. The highest BCUT2D eigenvalue weighted by atomic mass is 32.2. The molecule has 35 heavy (non-hydrogen) atoms. The van der Waals surface area contributed by atoms with Gasteiger partial charge in [-0.3, -0.25) is 9.59 Å². The van der Waals surface area contributed by atoms with Gasteiger partial charge in [0.05, 0.1) is 14.2 Å². The van der Waals surface area contributed by atoms with Crippen molar-refractivity contribution in [1.29, 1.82) is 0 Å². The Bertz CT molecular complexity index is 1060. The van der Waals surface area contributed by atoms with Crippen LogP contribution in [0.4, 0.5) is 26.3 Å². The predicted molar refractivity (Wildman–Crippen MR) is 109 cm³/mol. The van der Waals surface area contributed by atoms with Crippen molar-refractivity contribution >= 4 is 21.7 Å². The van der Waals surface area contributed by atoms with E-state index >= 15 is 0 Å². The molecule has 2 aromatic rings. The number of sulfone groups is 1. The monoisotopic (exact) mass is 528 g/mol. The highest BCUT2D eigenvalue weighted by Gasteiger charge is 2.47. The molecule has 0 heterocycles. The molecular formula is C20H18F6N2O6S. The van der Waals surface area contributed by atoms with Gasteiger partial charge < -0.3 is 20.1 Å². The molecule has 0 saturated carbocycles. The van der Waals surface area contributed by atoms with Crippen LogP contribution in [0.25, 0.3) is 0 Å². The van der Waals surface area contributed by atoms with Crippen molar-refractivity contribution in [3.05, 3.63) is 59.7 Å². The number of amides is 2. The summed E-state index contributed by atoms with van der Waals surface area (Å²) < 4.78 is 114. The van der Waals surface area contributed by atoms with E-state index in [2.05, 4.69) is 0 Å². The van der Waals surface area contributed by atoms with Crippen molar-refractivity contribution < 1.29 is 53.8 Å². The predicted octanol–water partition coefficient (Wildman–Crippen LogP) is 3.17. The van der Waals surface area contributed by atoms with E-state index in [1.165, 1.54) is 24.9 Å². The van der Waals surface area contributed by atoms with Gasteiger partial charge >= 0.3 is 24.2 Å². The Hall–Kier alpha value is -3.49. The van der Waals surface area contributed by atoms with Crippen LogP contribution in [0.2, 0.25) is 0 Å². The SMILES string of the molecule is COc1ccc(C(NC(=O)C(F)(F)F)S(=O)(=O)C(NC(=O)C(F)(F)F)c2ccc(OC)cc2)cc1. The molecule has 0 radical (unpaired) electrons. The van der Waals surface area contributed by atoms with Crippen molar-refractivity contribution in [2.75, 3.05) is 14.2 Å². The second-order valence-electron chi connectivity index (χ2n) is 6.84. The van der Waals surface area contributed by atoms with Crippen LogP contribution in [-0.4, -0.2) is 46.8 Å². The fraction of sp³-hybridized carbons (Fsp3) is 0.300. The molecule has 0 aliphatic heterocycles. The normalized spacial score (nSPS) is 13.9. The molecule has 2 unspecified atom stereocenters. The van der Waals surface area contributed by atoms with Crippen LogP contribution in [0.15, 0.2) is 48.5 Å². The molecule has 2 aromatic carbocycles. The van der Waals surface area contributed by atoms with E-state index in [9.17, 15) is 44.3 Å². The second kappa shape index (κ2) is 10.4. The Kier molecular flexibility index (Phi) is 8.26. The average Bonchev–Trinajstić information content (AvgIpc) is 2.79. The van der Waals surface area contributed by atoms with Gasteiger partial charge in [-0.15, -0.1) is 0 Å². The van der Waals surface area contributed by atoms with Crippen molar-refractivity contribution in [2.24, 2.45) is 0 Å². The average molecular weight is 528 g/mol. The zero-order valence-electron chi connectivity index (χ0n) is 17.9. The van der Waals surface area contributed by atoms with Crippen LogP contribution in [0.1, 0.15) is 21.9 Å². The van der Waals surface area contributed by atoms with E-state index < -0.39 is 55.9 Å². The molecule has 2 amide bonds. The lowest BCUT2D eigenvalue weighted by molar-refractivity contribution is -0.174. The number of methoxy groups -OCH3 is 2. The molecule has 0 spiro atoms. The number of hydrogen-bond acceptors (Lipinski definition) is 6. The van der Waals surface area contributed by atoms with Crippen LogP contribution in [0, 0.1) is 0 Å². The Morgan fingerprint density at radius 3 is 1.20 bits per heavy atom. The Balaban J connectivity index is 2.67.